The molecule has 19 heavy (non-hydrogen) atoms. The summed E-state index contributed by atoms with van der Waals surface area (Å²) in [6.07, 6.45) is 5.16. The molecule has 0 radical (unpaired) electrons. The third-order valence-electron chi connectivity index (χ3n) is 4.79. The summed E-state index contributed by atoms with van der Waals surface area (Å²) >= 11 is 0. The molecule has 3 heteroatoms. The van der Waals surface area contributed by atoms with Gasteiger partial charge in [0.05, 0.1) is 0 Å². The number of hydrogen-bond donors (Lipinski definition) is 1. The molecule has 2 fully saturated rings. The van der Waals surface area contributed by atoms with Crippen molar-refractivity contribution in [1.29, 1.82) is 0 Å². The van der Waals surface area contributed by atoms with Crippen LogP contribution in [-0.4, -0.2) is 30.6 Å². The Balaban J connectivity index is 0.00000133. The molecule has 1 aromatic rings. The summed E-state index contributed by atoms with van der Waals surface area (Å²) in [6.45, 7) is 3.72. The third-order valence-corrected chi connectivity index (χ3v) is 4.79. The first kappa shape index (κ1) is 14.8. The van der Waals surface area contributed by atoms with Crippen molar-refractivity contribution in [1.82, 2.24) is 4.90 Å². The predicted octanol–water partition coefficient (Wildman–Crippen LogP) is 2.71. The zero-order chi connectivity index (χ0) is 12.4. The lowest BCUT2D eigenvalue weighted by molar-refractivity contribution is 0.259. The van der Waals surface area contributed by atoms with Crippen molar-refractivity contribution in [3.05, 3.63) is 35.9 Å². The SMILES string of the molecule is Cl.NC1CCCC2CN(CCc3ccccc3)CC12. The Hall–Kier alpha value is -0.570. The van der Waals surface area contributed by atoms with Crippen LogP contribution in [0.5, 0.6) is 0 Å². The van der Waals surface area contributed by atoms with Crippen LogP contribution in [0.2, 0.25) is 0 Å². The molecule has 2 nitrogen and oxygen atoms in total. The average molecular weight is 281 g/mol. The number of rotatable bonds is 3. The van der Waals surface area contributed by atoms with Crippen molar-refractivity contribution in [3.63, 3.8) is 0 Å². The Morgan fingerprint density at radius 1 is 1.11 bits per heavy atom. The molecule has 3 atom stereocenters. The van der Waals surface area contributed by atoms with Crippen LogP contribution in [0.3, 0.4) is 0 Å². The lowest BCUT2D eigenvalue weighted by Gasteiger charge is -2.29. The van der Waals surface area contributed by atoms with Gasteiger partial charge in [-0.15, -0.1) is 12.4 Å². The minimum Gasteiger partial charge on any atom is -0.327 e. The van der Waals surface area contributed by atoms with Crippen LogP contribution in [0.4, 0.5) is 0 Å². The van der Waals surface area contributed by atoms with Gasteiger partial charge in [-0.25, -0.2) is 0 Å². The summed E-state index contributed by atoms with van der Waals surface area (Å²) in [6, 6.07) is 11.3. The predicted molar refractivity (Wildman–Crippen MR) is 82.6 cm³/mol. The molecule has 0 bridgehead atoms. The van der Waals surface area contributed by atoms with Gasteiger partial charge >= 0.3 is 0 Å². The van der Waals surface area contributed by atoms with Crippen molar-refractivity contribution in [2.45, 2.75) is 31.7 Å². The minimum absolute atomic E-state index is 0. The first-order chi connectivity index (χ1) is 8.83. The first-order valence-electron chi connectivity index (χ1n) is 7.35. The maximum atomic E-state index is 6.26. The summed E-state index contributed by atoms with van der Waals surface area (Å²) in [5, 5.41) is 0. The molecule has 1 saturated heterocycles. The van der Waals surface area contributed by atoms with Crippen LogP contribution >= 0.6 is 12.4 Å². The van der Waals surface area contributed by atoms with E-state index in [1.165, 1.54) is 50.9 Å². The Kier molecular flexibility index (Phi) is 5.26. The molecule has 2 N–H and O–H groups in total. The number of halogens is 1. The zero-order valence-corrected chi connectivity index (χ0v) is 12.3. The summed E-state index contributed by atoms with van der Waals surface area (Å²) in [5.41, 5.74) is 7.72. The Morgan fingerprint density at radius 2 is 1.89 bits per heavy atom. The zero-order valence-electron chi connectivity index (χ0n) is 11.5. The second-order valence-corrected chi connectivity index (χ2v) is 6.01. The van der Waals surface area contributed by atoms with E-state index < -0.39 is 0 Å². The minimum atomic E-state index is 0. The smallest absolute Gasteiger partial charge is 0.00825 e. The normalized spacial score (nSPS) is 30.7. The molecule has 3 rings (SSSR count). The Labute approximate surface area is 122 Å². The van der Waals surface area contributed by atoms with E-state index in [1.807, 2.05) is 0 Å². The Morgan fingerprint density at radius 3 is 2.63 bits per heavy atom. The Bertz CT molecular complexity index is 382. The van der Waals surface area contributed by atoms with Crippen molar-refractivity contribution < 1.29 is 0 Å². The van der Waals surface area contributed by atoms with Gasteiger partial charge in [-0.3, -0.25) is 0 Å². The number of benzene rings is 1. The largest absolute Gasteiger partial charge is 0.327 e. The number of fused-ring (bicyclic) bond motifs is 1. The molecule has 0 amide bonds. The van der Waals surface area contributed by atoms with Crippen molar-refractivity contribution >= 4 is 12.4 Å². The van der Waals surface area contributed by atoms with Crippen LogP contribution in [0.25, 0.3) is 0 Å². The fourth-order valence-electron chi connectivity index (χ4n) is 3.72. The standard InChI is InChI=1S/C16H24N2.ClH/c17-16-8-4-7-14-11-18(12-15(14)16)10-9-13-5-2-1-3-6-13;/h1-3,5-6,14-16H,4,7-12,17H2;1H. The van der Waals surface area contributed by atoms with Crippen LogP contribution < -0.4 is 5.73 Å². The molecule has 106 valence electrons. The topological polar surface area (TPSA) is 29.3 Å². The summed E-state index contributed by atoms with van der Waals surface area (Å²) in [5.74, 6) is 1.65. The van der Waals surface area contributed by atoms with Gasteiger partial charge in [-0.2, -0.15) is 0 Å². The molecule has 1 saturated carbocycles. The van der Waals surface area contributed by atoms with Gasteiger partial charge in [0.2, 0.25) is 0 Å². The maximum absolute atomic E-state index is 6.26. The highest BCUT2D eigenvalue weighted by Crippen LogP contribution is 2.35. The molecule has 1 aromatic carbocycles. The van der Waals surface area contributed by atoms with Gasteiger partial charge in [-0.05, 0) is 36.7 Å². The molecule has 1 aliphatic heterocycles. The van der Waals surface area contributed by atoms with E-state index in [2.05, 4.69) is 35.2 Å². The van der Waals surface area contributed by atoms with Gasteiger partial charge in [0.1, 0.15) is 0 Å². The first-order valence-corrected chi connectivity index (χ1v) is 7.35. The molecular weight excluding hydrogens is 256 g/mol. The summed E-state index contributed by atoms with van der Waals surface area (Å²) < 4.78 is 0. The lowest BCUT2D eigenvalue weighted by atomic mass is 9.78. The molecule has 0 aromatic heterocycles. The highest BCUT2D eigenvalue weighted by Gasteiger charge is 2.38. The van der Waals surface area contributed by atoms with Gasteiger partial charge in [0.25, 0.3) is 0 Å². The molecule has 1 heterocycles. The number of hydrogen-bond acceptors (Lipinski definition) is 2. The van der Waals surface area contributed by atoms with E-state index in [9.17, 15) is 0 Å². The third kappa shape index (κ3) is 3.50. The highest BCUT2D eigenvalue weighted by molar-refractivity contribution is 5.85. The fraction of sp³-hybridized carbons (Fsp3) is 0.625. The highest BCUT2D eigenvalue weighted by atomic mass is 35.5. The number of nitrogens with two attached hydrogens (primary N) is 1. The van der Waals surface area contributed by atoms with E-state index in [0.29, 0.717) is 6.04 Å². The van der Waals surface area contributed by atoms with Crippen LogP contribution in [0.1, 0.15) is 24.8 Å². The summed E-state index contributed by atoms with van der Waals surface area (Å²) in [4.78, 5) is 2.63. The fourth-order valence-corrected chi connectivity index (χ4v) is 3.72. The van der Waals surface area contributed by atoms with Gasteiger partial charge in [-0.1, -0.05) is 36.8 Å². The lowest BCUT2D eigenvalue weighted by Crippen LogP contribution is -2.38. The van der Waals surface area contributed by atoms with Crippen LogP contribution in [0.15, 0.2) is 30.3 Å². The van der Waals surface area contributed by atoms with Crippen LogP contribution in [-0.2, 0) is 6.42 Å². The van der Waals surface area contributed by atoms with Gasteiger partial charge < -0.3 is 10.6 Å². The van der Waals surface area contributed by atoms with Crippen molar-refractivity contribution in [3.8, 4) is 0 Å². The molecule has 2 aliphatic rings. The summed E-state index contributed by atoms with van der Waals surface area (Å²) in [7, 11) is 0. The van der Waals surface area contributed by atoms with E-state index in [4.69, 9.17) is 5.73 Å². The number of nitrogens with zero attached hydrogens (tertiary/aromatic N) is 1. The molecular formula is C16H25ClN2. The number of likely N-dealkylation sites (tertiary alicyclic amines) is 1. The monoisotopic (exact) mass is 280 g/mol. The average Bonchev–Trinajstić information content (AvgIpc) is 2.82. The second kappa shape index (κ2) is 6.74. The van der Waals surface area contributed by atoms with E-state index in [0.717, 1.165) is 11.8 Å². The van der Waals surface area contributed by atoms with E-state index in [-0.39, 0.29) is 12.4 Å². The quantitative estimate of drug-likeness (QED) is 0.922. The van der Waals surface area contributed by atoms with Crippen molar-refractivity contribution in [2.24, 2.45) is 17.6 Å². The van der Waals surface area contributed by atoms with E-state index in [1.54, 1.807) is 0 Å². The van der Waals surface area contributed by atoms with Gasteiger partial charge in [0.15, 0.2) is 0 Å². The molecule has 3 unspecified atom stereocenters. The molecule has 0 spiro atoms. The second-order valence-electron chi connectivity index (χ2n) is 6.01. The van der Waals surface area contributed by atoms with E-state index >= 15 is 0 Å². The molecule has 1 aliphatic carbocycles. The maximum Gasteiger partial charge on any atom is 0.00825 e. The van der Waals surface area contributed by atoms with Crippen molar-refractivity contribution in [2.75, 3.05) is 19.6 Å². The van der Waals surface area contributed by atoms with Crippen LogP contribution in [0, 0.1) is 11.8 Å². The van der Waals surface area contributed by atoms with Gasteiger partial charge in [0, 0.05) is 25.7 Å².